The van der Waals surface area contributed by atoms with E-state index in [9.17, 15) is 4.79 Å². The lowest BCUT2D eigenvalue weighted by Crippen LogP contribution is -2.27. The van der Waals surface area contributed by atoms with Crippen molar-refractivity contribution in [1.29, 1.82) is 0 Å². The van der Waals surface area contributed by atoms with Gasteiger partial charge in [0.05, 0.1) is 0 Å². The van der Waals surface area contributed by atoms with Crippen LogP contribution >= 0.6 is 0 Å². The number of hydrogen-bond acceptors (Lipinski definition) is 6. The van der Waals surface area contributed by atoms with E-state index < -0.39 is 0 Å². The molecule has 0 unspecified atom stereocenters. The number of anilines is 1. The van der Waals surface area contributed by atoms with E-state index in [1.54, 1.807) is 18.0 Å². The van der Waals surface area contributed by atoms with Gasteiger partial charge < -0.3 is 19.7 Å². The van der Waals surface area contributed by atoms with Crippen molar-refractivity contribution >= 4 is 11.7 Å². The van der Waals surface area contributed by atoms with Crippen LogP contribution < -0.4 is 14.8 Å². The first kappa shape index (κ1) is 17.8. The molecule has 7 nitrogen and oxygen atoms in total. The second kappa shape index (κ2) is 7.96. The zero-order chi connectivity index (χ0) is 19.3. The van der Waals surface area contributed by atoms with Crippen molar-refractivity contribution in [1.82, 2.24) is 14.9 Å². The van der Waals surface area contributed by atoms with Gasteiger partial charge in [-0.3, -0.25) is 4.79 Å². The summed E-state index contributed by atoms with van der Waals surface area (Å²) in [7, 11) is 1.76. The second-order valence-corrected chi connectivity index (χ2v) is 6.48. The molecule has 0 fully saturated rings. The van der Waals surface area contributed by atoms with Crippen LogP contribution in [0.2, 0.25) is 0 Å². The Kier molecular flexibility index (Phi) is 5.05. The summed E-state index contributed by atoms with van der Waals surface area (Å²) in [6, 6.07) is 17.3. The Morgan fingerprint density at radius 1 is 1.04 bits per heavy atom. The summed E-state index contributed by atoms with van der Waals surface area (Å²) in [6.07, 6.45) is 1.39. The zero-order valence-electron chi connectivity index (χ0n) is 15.5. The fraction of sp³-hybridized carbons (Fsp3) is 0.190. The standard InChI is InChI=1S/C21H20N4O3/c1-25(12-15-5-3-2-4-6-15)21(26)17-10-20(24-13-23-17)22-11-16-7-8-18-19(9-16)28-14-27-18/h2-10,13H,11-12,14H2,1H3,(H,22,23,24). The maximum Gasteiger partial charge on any atom is 0.272 e. The van der Waals surface area contributed by atoms with E-state index in [1.807, 2.05) is 48.5 Å². The molecule has 1 aliphatic rings. The van der Waals surface area contributed by atoms with Gasteiger partial charge in [-0.15, -0.1) is 0 Å². The van der Waals surface area contributed by atoms with Gasteiger partial charge in [0.15, 0.2) is 11.5 Å². The highest BCUT2D eigenvalue weighted by molar-refractivity contribution is 5.92. The van der Waals surface area contributed by atoms with Gasteiger partial charge in [-0.2, -0.15) is 0 Å². The topological polar surface area (TPSA) is 76.6 Å². The number of fused-ring (bicyclic) bond motifs is 1. The largest absolute Gasteiger partial charge is 0.454 e. The average Bonchev–Trinajstić information content (AvgIpc) is 3.20. The van der Waals surface area contributed by atoms with Crippen LogP contribution in [0, 0.1) is 0 Å². The minimum atomic E-state index is -0.155. The van der Waals surface area contributed by atoms with Gasteiger partial charge in [-0.05, 0) is 23.3 Å². The summed E-state index contributed by atoms with van der Waals surface area (Å²) < 4.78 is 10.7. The van der Waals surface area contributed by atoms with Crippen molar-refractivity contribution in [2.45, 2.75) is 13.1 Å². The van der Waals surface area contributed by atoms with Crippen molar-refractivity contribution in [3.05, 3.63) is 77.7 Å². The van der Waals surface area contributed by atoms with Gasteiger partial charge in [0, 0.05) is 26.2 Å². The minimum absolute atomic E-state index is 0.155. The van der Waals surface area contributed by atoms with E-state index in [2.05, 4.69) is 15.3 Å². The Balaban J connectivity index is 1.40. The second-order valence-electron chi connectivity index (χ2n) is 6.48. The molecule has 2 heterocycles. The van der Waals surface area contributed by atoms with E-state index in [0.29, 0.717) is 24.6 Å². The third kappa shape index (κ3) is 4.03. The molecule has 1 aromatic heterocycles. The zero-order valence-corrected chi connectivity index (χ0v) is 15.5. The highest BCUT2D eigenvalue weighted by Crippen LogP contribution is 2.32. The number of nitrogens with one attached hydrogen (secondary N) is 1. The number of carbonyl (C=O) groups excluding carboxylic acids is 1. The summed E-state index contributed by atoms with van der Waals surface area (Å²) >= 11 is 0. The number of carbonyl (C=O) groups is 1. The van der Waals surface area contributed by atoms with Crippen molar-refractivity contribution in [2.24, 2.45) is 0 Å². The Morgan fingerprint density at radius 2 is 1.86 bits per heavy atom. The van der Waals surface area contributed by atoms with E-state index in [0.717, 1.165) is 22.6 Å². The molecule has 1 aliphatic heterocycles. The Hall–Kier alpha value is -3.61. The van der Waals surface area contributed by atoms with Crippen molar-refractivity contribution in [3.8, 4) is 11.5 Å². The average molecular weight is 376 g/mol. The fourth-order valence-electron chi connectivity index (χ4n) is 2.94. The SMILES string of the molecule is CN(Cc1ccccc1)C(=O)c1cc(NCc2ccc3c(c2)OCO3)ncn1. The third-order valence-electron chi connectivity index (χ3n) is 4.41. The number of amides is 1. The van der Waals surface area contributed by atoms with Crippen molar-refractivity contribution in [2.75, 3.05) is 19.2 Å². The molecule has 1 amide bonds. The number of nitrogens with zero attached hydrogens (tertiary/aromatic N) is 3. The highest BCUT2D eigenvalue weighted by Gasteiger charge is 2.15. The molecule has 28 heavy (non-hydrogen) atoms. The monoisotopic (exact) mass is 376 g/mol. The van der Waals surface area contributed by atoms with Crippen molar-refractivity contribution < 1.29 is 14.3 Å². The third-order valence-corrected chi connectivity index (χ3v) is 4.41. The Bertz CT molecular complexity index is 978. The van der Waals surface area contributed by atoms with E-state index in [1.165, 1.54) is 6.33 Å². The maximum absolute atomic E-state index is 12.7. The lowest BCUT2D eigenvalue weighted by molar-refractivity contribution is 0.0779. The van der Waals surface area contributed by atoms with Crippen LogP contribution in [0.4, 0.5) is 5.82 Å². The molecule has 0 spiro atoms. The van der Waals surface area contributed by atoms with E-state index >= 15 is 0 Å². The first-order chi connectivity index (χ1) is 13.7. The smallest absolute Gasteiger partial charge is 0.272 e. The van der Waals surface area contributed by atoms with Gasteiger partial charge in [0.1, 0.15) is 17.8 Å². The molecule has 4 rings (SSSR count). The molecule has 0 radical (unpaired) electrons. The normalized spacial score (nSPS) is 11.9. The highest BCUT2D eigenvalue weighted by atomic mass is 16.7. The van der Waals surface area contributed by atoms with Crippen LogP contribution in [-0.4, -0.2) is 34.6 Å². The van der Waals surface area contributed by atoms with Crippen LogP contribution in [0.5, 0.6) is 11.5 Å². The van der Waals surface area contributed by atoms with Gasteiger partial charge >= 0.3 is 0 Å². The molecule has 0 saturated carbocycles. The van der Waals surface area contributed by atoms with Gasteiger partial charge in [0.2, 0.25) is 6.79 Å². The molecule has 1 N–H and O–H groups in total. The molecule has 3 aromatic rings. The molecular weight excluding hydrogens is 356 g/mol. The summed E-state index contributed by atoms with van der Waals surface area (Å²) in [5, 5.41) is 3.22. The predicted molar refractivity (Wildman–Crippen MR) is 104 cm³/mol. The molecule has 0 atom stereocenters. The minimum Gasteiger partial charge on any atom is -0.454 e. The number of aromatic nitrogens is 2. The predicted octanol–water partition coefficient (Wildman–Crippen LogP) is 3.09. The molecule has 142 valence electrons. The van der Waals surface area contributed by atoms with Gasteiger partial charge in [-0.25, -0.2) is 9.97 Å². The summed E-state index contributed by atoms with van der Waals surface area (Å²) in [6.45, 7) is 1.31. The van der Waals surface area contributed by atoms with E-state index in [-0.39, 0.29) is 12.7 Å². The van der Waals surface area contributed by atoms with Crippen LogP contribution in [0.3, 0.4) is 0 Å². The lowest BCUT2D eigenvalue weighted by atomic mass is 10.2. The summed E-state index contributed by atoms with van der Waals surface area (Å²) in [5.74, 6) is 1.92. The molecule has 2 aromatic carbocycles. The van der Waals surface area contributed by atoms with Crippen LogP contribution in [0.25, 0.3) is 0 Å². The number of hydrogen-bond donors (Lipinski definition) is 1. The summed E-state index contributed by atoms with van der Waals surface area (Å²) in [5.41, 5.74) is 2.44. The first-order valence-corrected chi connectivity index (χ1v) is 8.93. The molecule has 0 bridgehead atoms. The van der Waals surface area contributed by atoms with Crippen LogP contribution in [0.15, 0.2) is 60.9 Å². The molecule has 0 saturated heterocycles. The van der Waals surface area contributed by atoms with E-state index in [4.69, 9.17) is 9.47 Å². The quantitative estimate of drug-likeness (QED) is 0.712. The lowest BCUT2D eigenvalue weighted by Gasteiger charge is -2.17. The van der Waals surface area contributed by atoms with Crippen molar-refractivity contribution in [3.63, 3.8) is 0 Å². The Morgan fingerprint density at radius 3 is 2.71 bits per heavy atom. The van der Waals surface area contributed by atoms with Gasteiger partial charge in [0.25, 0.3) is 5.91 Å². The molecule has 7 heteroatoms. The molecule has 0 aliphatic carbocycles. The number of ether oxygens (including phenoxy) is 2. The first-order valence-electron chi connectivity index (χ1n) is 8.93. The van der Waals surface area contributed by atoms with Crippen LogP contribution in [0.1, 0.15) is 21.6 Å². The number of benzene rings is 2. The molecular formula is C21H20N4O3. The van der Waals surface area contributed by atoms with Gasteiger partial charge in [-0.1, -0.05) is 36.4 Å². The number of rotatable bonds is 6. The summed E-state index contributed by atoms with van der Waals surface area (Å²) in [4.78, 5) is 22.6. The fourth-order valence-corrected chi connectivity index (χ4v) is 2.94. The Labute approximate surface area is 163 Å². The maximum atomic E-state index is 12.7. The van der Waals surface area contributed by atoms with Crippen LogP contribution in [-0.2, 0) is 13.1 Å².